The van der Waals surface area contributed by atoms with Crippen LogP contribution in [0.5, 0.6) is 0 Å². The lowest BCUT2D eigenvalue weighted by atomic mass is 10.0. The van der Waals surface area contributed by atoms with Crippen LogP contribution in [0.3, 0.4) is 0 Å². The van der Waals surface area contributed by atoms with E-state index >= 15 is 0 Å². The van der Waals surface area contributed by atoms with Crippen molar-refractivity contribution in [2.24, 2.45) is 0 Å². The van der Waals surface area contributed by atoms with Gasteiger partial charge >= 0.3 is 0 Å². The molecule has 0 unspecified atom stereocenters. The molecule has 4 atom stereocenters. The summed E-state index contributed by atoms with van der Waals surface area (Å²) >= 11 is 0. The largest absolute Gasteiger partial charge is 0.394 e. The molecule has 0 bridgehead atoms. The van der Waals surface area contributed by atoms with E-state index in [2.05, 4.69) is 21.5 Å². The van der Waals surface area contributed by atoms with E-state index in [0.717, 1.165) is 0 Å². The van der Waals surface area contributed by atoms with Gasteiger partial charge in [0, 0.05) is 0 Å². The maximum absolute atomic E-state index is 11.7. The molecule has 0 spiro atoms. The second kappa shape index (κ2) is 4.74. The molecule has 2 aromatic heterocycles. The van der Waals surface area contributed by atoms with Gasteiger partial charge in [-0.3, -0.25) is 9.36 Å². The molecule has 3 rings (SSSR count). The second-order valence-corrected chi connectivity index (χ2v) is 4.75. The van der Waals surface area contributed by atoms with E-state index in [-0.39, 0.29) is 11.2 Å². The van der Waals surface area contributed by atoms with Crippen molar-refractivity contribution in [2.45, 2.75) is 24.0 Å². The minimum Gasteiger partial charge on any atom is -0.394 e. The number of ether oxygens (including phenoxy) is 1. The summed E-state index contributed by atoms with van der Waals surface area (Å²) in [4.78, 5) is 22.0. The first-order chi connectivity index (χ1) is 10.0. The zero-order valence-electron chi connectivity index (χ0n) is 10.9. The van der Waals surface area contributed by atoms with E-state index in [4.69, 9.17) is 4.74 Å². The Kier molecular flexibility index (Phi) is 3.14. The number of nitrogens with zero attached hydrogens (tertiary/aromatic N) is 3. The molecule has 0 aromatic carbocycles. The van der Waals surface area contributed by atoms with Crippen molar-refractivity contribution in [3.63, 3.8) is 0 Å². The van der Waals surface area contributed by atoms with Crippen LogP contribution in [0, 0.1) is 0 Å². The summed E-state index contributed by atoms with van der Waals surface area (Å²) in [5.41, 5.74) is -1.77. The number of aliphatic hydroxyl groups excluding tert-OH is 3. The van der Waals surface area contributed by atoms with Crippen LogP contribution in [-0.2, 0) is 10.5 Å². The lowest BCUT2D eigenvalue weighted by Crippen LogP contribution is -2.43. The molecule has 9 heteroatoms. The number of aromatic nitrogens is 4. The summed E-state index contributed by atoms with van der Waals surface area (Å²) in [5, 5.41) is 29.4. The van der Waals surface area contributed by atoms with E-state index in [1.165, 1.54) is 23.3 Å². The molecule has 1 aliphatic rings. The summed E-state index contributed by atoms with van der Waals surface area (Å²) in [6.45, 7) is 3.14. The molecule has 3 heterocycles. The standard InChI is InChI=1S/C12H14N4O5/c1-2-12(9(19)8(18)6(3-17)21-12)16-5-15-7-10(16)13-4-14-11(7)20/h2,4-6,8-9,17-19H,1,3H2,(H,13,14,20)/t6-,8-,9-,12-/m1/s1. The third-order valence-corrected chi connectivity index (χ3v) is 3.66. The molecule has 0 aliphatic carbocycles. The van der Waals surface area contributed by atoms with Gasteiger partial charge in [0.15, 0.2) is 16.9 Å². The Bertz CT molecular complexity index is 741. The van der Waals surface area contributed by atoms with Crippen molar-refractivity contribution in [3.05, 3.63) is 35.7 Å². The van der Waals surface area contributed by atoms with Crippen LogP contribution in [0.25, 0.3) is 11.2 Å². The highest BCUT2D eigenvalue weighted by atomic mass is 16.6. The second-order valence-electron chi connectivity index (χ2n) is 4.75. The highest BCUT2D eigenvalue weighted by molar-refractivity contribution is 5.69. The van der Waals surface area contributed by atoms with Crippen LogP contribution < -0.4 is 5.56 Å². The van der Waals surface area contributed by atoms with Crippen molar-refractivity contribution in [2.75, 3.05) is 6.61 Å². The van der Waals surface area contributed by atoms with E-state index in [0.29, 0.717) is 0 Å². The maximum atomic E-state index is 11.7. The molecule has 0 saturated carbocycles. The lowest BCUT2D eigenvalue weighted by molar-refractivity contribution is -0.110. The third-order valence-electron chi connectivity index (χ3n) is 3.66. The number of aromatic amines is 1. The van der Waals surface area contributed by atoms with E-state index < -0.39 is 36.2 Å². The fourth-order valence-corrected chi connectivity index (χ4v) is 2.54. The lowest BCUT2D eigenvalue weighted by Gasteiger charge is -2.30. The van der Waals surface area contributed by atoms with Gasteiger partial charge in [-0.15, -0.1) is 0 Å². The topological polar surface area (TPSA) is 133 Å². The predicted octanol–water partition coefficient (Wildman–Crippen LogP) is -1.93. The predicted molar refractivity (Wildman–Crippen MR) is 70.3 cm³/mol. The maximum Gasteiger partial charge on any atom is 0.278 e. The van der Waals surface area contributed by atoms with Gasteiger partial charge in [0.05, 0.1) is 12.9 Å². The fourth-order valence-electron chi connectivity index (χ4n) is 2.54. The van der Waals surface area contributed by atoms with Crippen LogP contribution in [0.4, 0.5) is 0 Å². The summed E-state index contributed by atoms with van der Waals surface area (Å²) in [6.07, 6.45) is 0.0432. The van der Waals surface area contributed by atoms with Gasteiger partial charge in [0.25, 0.3) is 5.56 Å². The number of nitrogens with one attached hydrogen (secondary N) is 1. The van der Waals surface area contributed by atoms with Gasteiger partial charge in [0.2, 0.25) is 0 Å². The average Bonchev–Trinajstić information content (AvgIpc) is 3.03. The molecule has 0 amide bonds. The van der Waals surface area contributed by atoms with E-state index in [1.807, 2.05) is 0 Å². The normalized spacial score (nSPS) is 32.6. The van der Waals surface area contributed by atoms with E-state index in [1.54, 1.807) is 0 Å². The number of hydrogen-bond acceptors (Lipinski definition) is 7. The number of rotatable bonds is 3. The average molecular weight is 294 g/mol. The smallest absolute Gasteiger partial charge is 0.278 e. The Morgan fingerprint density at radius 2 is 2.29 bits per heavy atom. The third kappa shape index (κ3) is 1.75. The number of imidazole rings is 1. The Labute approximate surface area is 118 Å². The summed E-state index contributed by atoms with van der Waals surface area (Å²) in [7, 11) is 0. The zero-order chi connectivity index (χ0) is 15.2. The van der Waals surface area contributed by atoms with Crippen molar-refractivity contribution >= 4 is 11.2 Å². The van der Waals surface area contributed by atoms with Gasteiger partial charge in [-0.2, -0.15) is 0 Å². The zero-order valence-corrected chi connectivity index (χ0v) is 10.9. The van der Waals surface area contributed by atoms with Gasteiger partial charge < -0.3 is 25.0 Å². The summed E-state index contributed by atoms with van der Waals surface area (Å²) in [5.74, 6) is 0. The molecule has 9 nitrogen and oxygen atoms in total. The van der Waals surface area contributed by atoms with Gasteiger partial charge in [-0.1, -0.05) is 6.58 Å². The number of aliphatic hydroxyl groups is 3. The Morgan fingerprint density at radius 1 is 1.52 bits per heavy atom. The van der Waals surface area contributed by atoms with Crippen LogP contribution >= 0.6 is 0 Å². The van der Waals surface area contributed by atoms with E-state index in [9.17, 15) is 20.1 Å². The molecule has 21 heavy (non-hydrogen) atoms. The number of fused-ring (bicyclic) bond motifs is 1. The van der Waals surface area contributed by atoms with Crippen molar-refractivity contribution < 1.29 is 20.1 Å². The highest BCUT2D eigenvalue weighted by Gasteiger charge is 2.54. The SMILES string of the molecule is C=C[C@@]1(n2cnc3c(=O)[nH]cnc32)O[C@H](CO)[C@@H](O)[C@H]1O. The van der Waals surface area contributed by atoms with Crippen molar-refractivity contribution in [1.82, 2.24) is 19.5 Å². The van der Waals surface area contributed by atoms with Crippen molar-refractivity contribution in [3.8, 4) is 0 Å². The molecule has 1 saturated heterocycles. The van der Waals surface area contributed by atoms with Gasteiger partial charge in [0.1, 0.15) is 24.6 Å². The molecule has 4 N–H and O–H groups in total. The molecular formula is C12H14N4O5. The molecule has 1 fully saturated rings. The Balaban J connectivity index is 2.22. The number of hydrogen-bond donors (Lipinski definition) is 4. The summed E-state index contributed by atoms with van der Waals surface area (Å²) < 4.78 is 6.88. The quantitative estimate of drug-likeness (QED) is 0.484. The van der Waals surface area contributed by atoms with Crippen LogP contribution in [0.15, 0.2) is 30.1 Å². The van der Waals surface area contributed by atoms with Crippen molar-refractivity contribution in [1.29, 1.82) is 0 Å². The molecule has 112 valence electrons. The van der Waals surface area contributed by atoms with Gasteiger partial charge in [-0.05, 0) is 6.08 Å². The van der Waals surface area contributed by atoms with Gasteiger partial charge in [-0.25, -0.2) is 9.97 Å². The first-order valence-electron chi connectivity index (χ1n) is 6.24. The Morgan fingerprint density at radius 3 is 2.90 bits per heavy atom. The Hall–Kier alpha value is -2.07. The summed E-state index contributed by atoms with van der Waals surface area (Å²) in [6, 6.07) is 0. The van der Waals surface area contributed by atoms with Crippen LogP contribution in [-0.4, -0.2) is 59.8 Å². The monoisotopic (exact) mass is 294 g/mol. The van der Waals surface area contributed by atoms with Crippen LogP contribution in [0.2, 0.25) is 0 Å². The highest BCUT2D eigenvalue weighted by Crippen LogP contribution is 2.37. The molecule has 2 aromatic rings. The molecule has 1 aliphatic heterocycles. The first kappa shape index (κ1) is 13.9. The first-order valence-corrected chi connectivity index (χ1v) is 6.24. The number of H-pyrrole nitrogens is 1. The fraction of sp³-hybridized carbons (Fsp3) is 0.417. The molecule has 0 radical (unpaired) electrons. The molecular weight excluding hydrogens is 280 g/mol. The minimum absolute atomic E-state index is 0.0662. The van der Waals surface area contributed by atoms with Crippen LogP contribution in [0.1, 0.15) is 0 Å². The minimum atomic E-state index is -1.57.